The zero-order valence-electron chi connectivity index (χ0n) is 9.48. The lowest BCUT2D eigenvalue weighted by Crippen LogP contribution is -2.34. The number of anilines is 1. The number of aldehydes is 1. The average Bonchev–Trinajstić information content (AvgIpc) is 2.26. The van der Waals surface area contributed by atoms with Gasteiger partial charge in [0.25, 0.3) is 0 Å². The largest absolute Gasteiger partial charge is 0.395 e. The monoisotopic (exact) mass is 225 g/mol. The van der Waals surface area contributed by atoms with E-state index in [9.17, 15) is 9.18 Å². The molecule has 0 aliphatic rings. The summed E-state index contributed by atoms with van der Waals surface area (Å²) < 4.78 is 13.7. The van der Waals surface area contributed by atoms with Gasteiger partial charge in [-0.2, -0.15) is 0 Å². The van der Waals surface area contributed by atoms with Crippen molar-refractivity contribution in [2.24, 2.45) is 0 Å². The van der Waals surface area contributed by atoms with E-state index in [-0.39, 0.29) is 12.6 Å². The minimum Gasteiger partial charge on any atom is -0.395 e. The van der Waals surface area contributed by atoms with Crippen molar-refractivity contribution in [3.8, 4) is 0 Å². The van der Waals surface area contributed by atoms with E-state index in [0.717, 1.165) is 0 Å². The van der Waals surface area contributed by atoms with Gasteiger partial charge in [-0.15, -0.1) is 0 Å². The zero-order chi connectivity index (χ0) is 12.1. The molecule has 0 amide bonds. The van der Waals surface area contributed by atoms with Crippen LogP contribution in [0.5, 0.6) is 0 Å². The number of aliphatic hydroxyl groups excluding tert-OH is 1. The molecular formula is C12H16FNO2. The first-order valence-corrected chi connectivity index (χ1v) is 5.22. The molecule has 0 aliphatic heterocycles. The number of nitrogens with zero attached hydrogens (tertiary/aromatic N) is 1. The highest BCUT2D eigenvalue weighted by Crippen LogP contribution is 2.21. The van der Waals surface area contributed by atoms with Gasteiger partial charge in [-0.3, -0.25) is 4.79 Å². The number of carbonyl (C=O) groups is 1. The van der Waals surface area contributed by atoms with Gasteiger partial charge in [0, 0.05) is 18.2 Å². The average molecular weight is 225 g/mol. The van der Waals surface area contributed by atoms with Crippen molar-refractivity contribution in [2.75, 3.05) is 18.1 Å². The third-order valence-corrected chi connectivity index (χ3v) is 2.38. The van der Waals surface area contributed by atoms with Gasteiger partial charge in [-0.05, 0) is 32.0 Å². The van der Waals surface area contributed by atoms with Crippen LogP contribution in [-0.2, 0) is 0 Å². The maximum absolute atomic E-state index is 13.7. The molecule has 0 heterocycles. The highest BCUT2D eigenvalue weighted by molar-refractivity contribution is 5.76. The smallest absolute Gasteiger partial charge is 0.150 e. The summed E-state index contributed by atoms with van der Waals surface area (Å²) in [5, 5.41) is 8.92. The topological polar surface area (TPSA) is 40.5 Å². The summed E-state index contributed by atoms with van der Waals surface area (Å²) in [5.41, 5.74) is 0.726. The summed E-state index contributed by atoms with van der Waals surface area (Å²) in [7, 11) is 0. The molecule has 0 spiro atoms. The van der Waals surface area contributed by atoms with Crippen LogP contribution in [0.2, 0.25) is 0 Å². The number of aliphatic hydroxyl groups is 1. The number of carbonyl (C=O) groups excluding carboxylic acids is 1. The Kier molecular flexibility index (Phi) is 4.43. The molecule has 1 aromatic rings. The molecular weight excluding hydrogens is 209 g/mol. The summed E-state index contributed by atoms with van der Waals surface area (Å²) in [5.74, 6) is -0.438. The first-order chi connectivity index (χ1) is 7.60. The van der Waals surface area contributed by atoms with Crippen molar-refractivity contribution in [3.63, 3.8) is 0 Å². The van der Waals surface area contributed by atoms with Crippen LogP contribution in [0.1, 0.15) is 24.2 Å². The Morgan fingerprint density at radius 2 is 2.19 bits per heavy atom. The molecule has 0 atom stereocenters. The van der Waals surface area contributed by atoms with Crippen LogP contribution in [0.25, 0.3) is 0 Å². The van der Waals surface area contributed by atoms with Gasteiger partial charge in [-0.25, -0.2) is 4.39 Å². The molecule has 0 fully saturated rings. The second kappa shape index (κ2) is 5.61. The number of benzene rings is 1. The number of rotatable bonds is 5. The minimum atomic E-state index is -0.438. The third kappa shape index (κ3) is 2.79. The highest BCUT2D eigenvalue weighted by Gasteiger charge is 2.14. The first-order valence-electron chi connectivity index (χ1n) is 5.22. The van der Waals surface area contributed by atoms with Gasteiger partial charge in [0.05, 0.1) is 12.3 Å². The number of hydrogen-bond acceptors (Lipinski definition) is 3. The molecule has 1 N–H and O–H groups in total. The van der Waals surface area contributed by atoms with Crippen molar-refractivity contribution in [2.45, 2.75) is 19.9 Å². The summed E-state index contributed by atoms with van der Waals surface area (Å²) in [6, 6.07) is 4.42. The van der Waals surface area contributed by atoms with Crippen molar-refractivity contribution in [1.29, 1.82) is 0 Å². The Hall–Kier alpha value is -1.42. The quantitative estimate of drug-likeness (QED) is 0.777. The second-order valence-corrected chi connectivity index (χ2v) is 3.84. The Morgan fingerprint density at radius 3 is 2.62 bits per heavy atom. The molecule has 16 heavy (non-hydrogen) atoms. The zero-order valence-corrected chi connectivity index (χ0v) is 9.48. The Balaban J connectivity index is 3.04. The molecule has 1 rings (SSSR count). The minimum absolute atomic E-state index is 0.0347. The van der Waals surface area contributed by atoms with Gasteiger partial charge in [-0.1, -0.05) is 0 Å². The van der Waals surface area contributed by atoms with Crippen LogP contribution in [0.4, 0.5) is 10.1 Å². The van der Waals surface area contributed by atoms with E-state index in [1.54, 1.807) is 17.0 Å². The molecule has 88 valence electrons. The van der Waals surface area contributed by atoms with Crippen LogP contribution >= 0.6 is 0 Å². The van der Waals surface area contributed by atoms with Crippen LogP contribution in [0.3, 0.4) is 0 Å². The standard InChI is InChI=1S/C12H16FNO2/c1-9(2)14(5-6-15)12-4-3-10(8-16)7-11(12)13/h3-4,7-9,15H,5-6H2,1-2H3. The van der Waals surface area contributed by atoms with Gasteiger partial charge in [0.15, 0.2) is 0 Å². The molecule has 0 saturated heterocycles. The van der Waals surface area contributed by atoms with Gasteiger partial charge < -0.3 is 10.0 Å². The maximum Gasteiger partial charge on any atom is 0.150 e. The fraction of sp³-hybridized carbons (Fsp3) is 0.417. The molecule has 0 aliphatic carbocycles. The Bertz CT molecular complexity index is 366. The molecule has 0 bridgehead atoms. The Labute approximate surface area is 94.5 Å². The normalized spacial score (nSPS) is 10.6. The maximum atomic E-state index is 13.7. The van der Waals surface area contributed by atoms with Crippen LogP contribution in [0.15, 0.2) is 18.2 Å². The molecule has 1 aromatic carbocycles. The van der Waals surface area contributed by atoms with Crippen LogP contribution < -0.4 is 4.90 Å². The van der Waals surface area contributed by atoms with E-state index >= 15 is 0 Å². The number of halogens is 1. The third-order valence-electron chi connectivity index (χ3n) is 2.38. The molecule has 0 saturated carbocycles. The predicted octanol–water partition coefficient (Wildman–Crippen LogP) is 1.85. The fourth-order valence-corrected chi connectivity index (χ4v) is 1.59. The lowest BCUT2D eigenvalue weighted by atomic mass is 10.1. The summed E-state index contributed by atoms with van der Waals surface area (Å²) in [6.07, 6.45) is 0.610. The van der Waals surface area contributed by atoms with Crippen molar-refractivity contribution < 1.29 is 14.3 Å². The molecule has 4 heteroatoms. The van der Waals surface area contributed by atoms with E-state index in [4.69, 9.17) is 5.11 Å². The molecule has 0 unspecified atom stereocenters. The Morgan fingerprint density at radius 1 is 1.50 bits per heavy atom. The van der Waals surface area contributed by atoms with E-state index < -0.39 is 5.82 Å². The van der Waals surface area contributed by atoms with E-state index in [1.807, 2.05) is 13.8 Å². The predicted molar refractivity (Wildman–Crippen MR) is 61.4 cm³/mol. The summed E-state index contributed by atoms with van der Waals surface area (Å²) >= 11 is 0. The first kappa shape index (κ1) is 12.6. The van der Waals surface area contributed by atoms with E-state index in [0.29, 0.717) is 24.1 Å². The van der Waals surface area contributed by atoms with E-state index in [2.05, 4.69) is 0 Å². The second-order valence-electron chi connectivity index (χ2n) is 3.84. The van der Waals surface area contributed by atoms with E-state index in [1.165, 1.54) is 6.07 Å². The van der Waals surface area contributed by atoms with Crippen molar-refractivity contribution >= 4 is 12.0 Å². The lowest BCUT2D eigenvalue weighted by molar-refractivity contribution is 0.112. The van der Waals surface area contributed by atoms with Crippen LogP contribution in [-0.4, -0.2) is 30.6 Å². The molecule has 0 aromatic heterocycles. The van der Waals surface area contributed by atoms with Crippen LogP contribution in [0, 0.1) is 5.82 Å². The summed E-state index contributed by atoms with van der Waals surface area (Å²) in [4.78, 5) is 12.2. The SMILES string of the molecule is CC(C)N(CCO)c1ccc(C=O)cc1F. The molecule has 3 nitrogen and oxygen atoms in total. The van der Waals surface area contributed by atoms with Gasteiger partial charge in [0.2, 0.25) is 0 Å². The number of hydrogen-bond donors (Lipinski definition) is 1. The van der Waals surface area contributed by atoms with Crippen molar-refractivity contribution in [1.82, 2.24) is 0 Å². The lowest BCUT2D eigenvalue weighted by Gasteiger charge is -2.28. The molecule has 0 radical (unpaired) electrons. The highest BCUT2D eigenvalue weighted by atomic mass is 19.1. The van der Waals surface area contributed by atoms with Gasteiger partial charge in [0.1, 0.15) is 12.1 Å². The summed E-state index contributed by atoms with van der Waals surface area (Å²) in [6.45, 7) is 4.17. The van der Waals surface area contributed by atoms with Crippen molar-refractivity contribution in [3.05, 3.63) is 29.6 Å². The van der Waals surface area contributed by atoms with Gasteiger partial charge >= 0.3 is 0 Å². The fourth-order valence-electron chi connectivity index (χ4n) is 1.59.